The fraction of sp³-hybridized carbons (Fsp3) is 0.476. The van der Waals surface area contributed by atoms with Gasteiger partial charge in [0, 0.05) is 48.9 Å². The summed E-state index contributed by atoms with van der Waals surface area (Å²) >= 11 is 0. The average Bonchev–Trinajstić information content (AvgIpc) is 3.39. The predicted molar refractivity (Wildman–Crippen MR) is 108 cm³/mol. The molecule has 5 rings (SSSR count). The Balaban J connectivity index is 1.49. The van der Waals surface area contributed by atoms with Gasteiger partial charge in [-0.25, -0.2) is 15.4 Å². The zero-order chi connectivity index (χ0) is 19.1. The number of benzene rings is 1. The number of nitrogens with zero attached hydrogens (tertiary/aromatic N) is 3. The van der Waals surface area contributed by atoms with Gasteiger partial charge in [-0.05, 0) is 25.7 Å². The molecule has 2 fully saturated rings. The minimum absolute atomic E-state index is 0.0414. The number of anilines is 1. The van der Waals surface area contributed by atoms with Gasteiger partial charge in [0.05, 0.1) is 0 Å². The molecule has 0 saturated carbocycles. The summed E-state index contributed by atoms with van der Waals surface area (Å²) < 4.78 is 0. The largest absolute Gasteiger partial charge is 0.358 e. The maximum Gasteiger partial charge on any atom is 0.238 e. The Labute approximate surface area is 164 Å². The second-order valence-electron chi connectivity index (χ2n) is 7.90. The quantitative estimate of drug-likeness (QED) is 0.741. The van der Waals surface area contributed by atoms with Crippen molar-refractivity contribution in [2.24, 2.45) is 5.92 Å². The van der Waals surface area contributed by atoms with Crippen LogP contribution in [0.3, 0.4) is 0 Å². The molecule has 7 nitrogen and oxygen atoms in total. The fourth-order valence-corrected chi connectivity index (χ4v) is 4.80. The van der Waals surface area contributed by atoms with Crippen molar-refractivity contribution in [1.29, 1.82) is 0 Å². The third kappa shape index (κ3) is 2.95. The van der Waals surface area contributed by atoms with E-state index in [1.165, 1.54) is 11.3 Å². The summed E-state index contributed by atoms with van der Waals surface area (Å²) in [6.07, 6.45) is 4.19. The van der Waals surface area contributed by atoms with Crippen LogP contribution in [0.15, 0.2) is 30.3 Å². The molecule has 3 N–H and O–H groups in total. The van der Waals surface area contributed by atoms with Crippen molar-refractivity contribution in [2.45, 2.75) is 37.8 Å². The molecule has 1 aliphatic carbocycles. The van der Waals surface area contributed by atoms with Crippen LogP contribution < -0.4 is 21.1 Å². The zero-order valence-electron chi connectivity index (χ0n) is 16.1. The molecule has 28 heavy (non-hydrogen) atoms. The Morgan fingerprint density at radius 2 is 2.04 bits per heavy atom. The molecule has 3 unspecified atom stereocenters. The Morgan fingerprint density at radius 3 is 2.86 bits per heavy atom. The lowest BCUT2D eigenvalue weighted by Crippen LogP contribution is -2.50. The number of fused-ring (bicyclic) bond motifs is 2. The van der Waals surface area contributed by atoms with Crippen LogP contribution in [0, 0.1) is 5.92 Å². The van der Waals surface area contributed by atoms with Crippen LogP contribution in [0.4, 0.5) is 5.82 Å². The number of carbonyl (C=O) groups excluding carboxylic acids is 1. The summed E-state index contributed by atoms with van der Waals surface area (Å²) in [7, 11) is 1.70. The van der Waals surface area contributed by atoms with E-state index in [9.17, 15) is 4.79 Å². The van der Waals surface area contributed by atoms with Gasteiger partial charge in [0.2, 0.25) is 5.91 Å². The molecule has 2 aliphatic heterocycles. The Morgan fingerprint density at radius 1 is 1.18 bits per heavy atom. The van der Waals surface area contributed by atoms with Crippen molar-refractivity contribution in [2.75, 3.05) is 25.0 Å². The number of carbonyl (C=O) groups is 1. The summed E-state index contributed by atoms with van der Waals surface area (Å²) in [6, 6.07) is 10.3. The first kappa shape index (κ1) is 17.6. The number of hydrogen-bond donors (Lipinski definition) is 3. The predicted octanol–water partition coefficient (Wildman–Crippen LogP) is 1.05. The monoisotopic (exact) mass is 378 g/mol. The summed E-state index contributed by atoms with van der Waals surface area (Å²) in [5, 5.41) is 2.78. The van der Waals surface area contributed by atoms with E-state index in [0.29, 0.717) is 6.04 Å². The number of rotatable bonds is 3. The summed E-state index contributed by atoms with van der Waals surface area (Å²) in [4.78, 5) is 24.6. The standard InChI is InChI=1S/C21H26N6O/c1-22-21(28)18-15-12-27(11-10-17(15)25-26-18)20-14-8-5-9-16(14)23-19(24-20)13-6-3-2-4-7-13/h2-4,6-7,15,17-18,25-26H,5,8-12H2,1H3,(H,22,28). The van der Waals surface area contributed by atoms with E-state index in [0.717, 1.165) is 56.0 Å². The number of aryl methyl sites for hydroxylation is 1. The molecule has 0 spiro atoms. The lowest BCUT2D eigenvalue weighted by Gasteiger charge is -2.37. The molecule has 3 heterocycles. The van der Waals surface area contributed by atoms with E-state index in [-0.39, 0.29) is 17.9 Å². The molecule has 1 aromatic carbocycles. The molecule has 7 heteroatoms. The maximum absolute atomic E-state index is 12.3. The molecular weight excluding hydrogens is 352 g/mol. The minimum atomic E-state index is -0.207. The van der Waals surface area contributed by atoms with Crippen LogP contribution in [0.1, 0.15) is 24.1 Å². The Hall–Kier alpha value is -2.51. The first-order chi connectivity index (χ1) is 13.7. The summed E-state index contributed by atoms with van der Waals surface area (Å²) in [5.41, 5.74) is 10.1. The van der Waals surface area contributed by atoms with Gasteiger partial charge in [-0.3, -0.25) is 10.2 Å². The molecule has 146 valence electrons. The Kier molecular flexibility index (Phi) is 4.49. The smallest absolute Gasteiger partial charge is 0.238 e. The first-order valence-electron chi connectivity index (χ1n) is 10.2. The van der Waals surface area contributed by atoms with Crippen LogP contribution in [0.2, 0.25) is 0 Å². The van der Waals surface area contributed by atoms with Crippen LogP contribution in [-0.4, -0.2) is 48.1 Å². The van der Waals surface area contributed by atoms with Crippen molar-refractivity contribution in [3.05, 3.63) is 41.6 Å². The molecule has 3 atom stereocenters. The van der Waals surface area contributed by atoms with Crippen molar-refractivity contribution in [3.8, 4) is 11.4 Å². The van der Waals surface area contributed by atoms with Crippen LogP contribution >= 0.6 is 0 Å². The summed E-state index contributed by atoms with van der Waals surface area (Å²) in [5.74, 6) is 2.15. The second-order valence-corrected chi connectivity index (χ2v) is 7.90. The first-order valence-corrected chi connectivity index (χ1v) is 10.2. The number of amides is 1. The minimum Gasteiger partial charge on any atom is -0.358 e. The number of likely N-dealkylation sites (N-methyl/N-ethyl adjacent to an activating group) is 1. The fourth-order valence-electron chi connectivity index (χ4n) is 4.80. The molecule has 2 aromatic rings. The number of hydrogen-bond acceptors (Lipinski definition) is 6. The second kappa shape index (κ2) is 7.14. The number of piperidine rings is 1. The molecule has 3 aliphatic rings. The maximum atomic E-state index is 12.3. The van der Waals surface area contributed by atoms with Gasteiger partial charge in [0.15, 0.2) is 5.82 Å². The zero-order valence-corrected chi connectivity index (χ0v) is 16.1. The highest BCUT2D eigenvalue weighted by Gasteiger charge is 2.43. The molecule has 0 bridgehead atoms. The van der Waals surface area contributed by atoms with Gasteiger partial charge in [0.1, 0.15) is 11.9 Å². The van der Waals surface area contributed by atoms with Crippen LogP contribution in [-0.2, 0) is 17.6 Å². The SMILES string of the molecule is CNC(=O)C1NNC2CCN(c3nc(-c4ccccc4)nc4c3CCC4)CC21. The van der Waals surface area contributed by atoms with Crippen LogP contribution in [0.25, 0.3) is 11.4 Å². The van der Waals surface area contributed by atoms with Gasteiger partial charge in [-0.2, -0.15) is 0 Å². The van der Waals surface area contributed by atoms with Gasteiger partial charge in [-0.15, -0.1) is 0 Å². The van der Waals surface area contributed by atoms with Crippen molar-refractivity contribution < 1.29 is 4.79 Å². The van der Waals surface area contributed by atoms with E-state index in [1.54, 1.807) is 7.05 Å². The van der Waals surface area contributed by atoms with Crippen molar-refractivity contribution >= 4 is 11.7 Å². The lowest BCUT2D eigenvalue weighted by atomic mass is 9.87. The molecule has 1 amide bonds. The normalized spacial score (nSPS) is 26.0. The van der Waals surface area contributed by atoms with E-state index in [4.69, 9.17) is 9.97 Å². The highest BCUT2D eigenvalue weighted by molar-refractivity contribution is 5.82. The molecule has 2 saturated heterocycles. The van der Waals surface area contributed by atoms with Gasteiger partial charge >= 0.3 is 0 Å². The van der Waals surface area contributed by atoms with Gasteiger partial charge < -0.3 is 10.2 Å². The molecular formula is C21H26N6O. The van der Waals surface area contributed by atoms with Crippen molar-refractivity contribution in [3.63, 3.8) is 0 Å². The van der Waals surface area contributed by atoms with E-state index in [1.807, 2.05) is 18.2 Å². The van der Waals surface area contributed by atoms with E-state index < -0.39 is 0 Å². The highest BCUT2D eigenvalue weighted by atomic mass is 16.2. The van der Waals surface area contributed by atoms with Crippen molar-refractivity contribution in [1.82, 2.24) is 26.1 Å². The van der Waals surface area contributed by atoms with Gasteiger partial charge in [0.25, 0.3) is 0 Å². The third-order valence-corrected chi connectivity index (χ3v) is 6.28. The third-order valence-electron chi connectivity index (χ3n) is 6.28. The lowest BCUT2D eigenvalue weighted by molar-refractivity contribution is -0.123. The number of aromatic nitrogens is 2. The average molecular weight is 378 g/mol. The van der Waals surface area contributed by atoms with Crippen LogP contribution in [0.5, 0.6) is 0 Å². The number of nitrogens with one attached hydrogen (secondary N) is 3. The molecule has 0 radical (unpaired) electrons. The van der Waals surface area contributed by atoms with E-state index >= 15 is 0 Å². The summed E-state index contributed by atoms with van der Waals surface area (Å²) in [6.45, 7) is 1.76. The number of hydrazine groups is 1. The molecule has 1 aromatic heterocycles. The van der Waals surface area contributed by atoms with E-state index in [2.05, 4.69) is 33.2 Å². The highest BCUT2D eigenvalue weighted by Crippen LogP contribution is 2.34. The Bertz CT molecular complexity index is 886. The van der Waals surface area contributed by atoms with Gasteiger partial charge in [-0.1, -0.05) is 30.3 Å². The topological polar surface area (TPSA) is 82.2 Å².